The summed E-state index contributed by atoms with van der Waals surface area (Å²) in [4.78, 5) is 11.4. The molecule has 0 aliphatic carbocycles. The summed E-state index contributed by atoms with van der Waals surface area (Å²) in [5, 5.41) is 11.4. The van der Waals surface area contributed by atoms with Gasteiger partial charge in [-0.1, -0.05) is 48.3 Å². The number of amides is 1. The Morgan fingerprint density at radius 2 is 1.57 bits per heavy atom. The number of hydrogen-bond donors (Lipinski definition) is 3. The summed E-state index contributed by atoms with van der Waals surface area (Å²) in [6, 6.07) is 7.04. The highest BCUT2D eigenvalue weighted by molar-refractivity contribution is 6.39. The van der Waals surface area contributed by atoms with Crippen LogP contribution in [0.5, 0.6) is 0 Å². The van der Waals surface area contributed by atoms with Gasteiger partial charge in [0, 0.05) is 36.5 Å². The van der Waals surface area contributed by atoms with Gasteiger partial charge >= 0.3 is 18.0 Å². The Labute approximate surface area is 205 Å². The number of benzene rings is 2. The molecule has 0 aliphatic heterocycles. The van der Waals surface area contributed by atoms with Gasteiger partial charge in [-0.2, -0.15) is 26.3 Å². The lowest BCUT2D eigenvalue weighted by Crippen LogP contribution is -2.50. The van der Waals surface area contributed by atoms with Crippen LogP contribution in [0.2, 0.25) is 10.0 Å². The molecule has 0 atom stereocenters. The van der Waals surface area contributed by atoms with Crippen molar-refractivity contribution in [2.45, 2.75) is 37.9 Å². The molecule has 3 N–H and O–H groups in total. The standard InChI is InChI=1S/C22H18Cl2F7N3O/c1-2-18(35)33-10-12-4-3-5-13(6-12)14(9-32)11-34-19-16(23)7-15(8-17(19)24)20(25,21(26,27)28)22(29,30)31/h3-9,11,32,34H,2,10H2,1H3,(H,33,35)/b14-11+,32-9?. The molecule has 0 fully saturated rings. The zero-order valence-corrected chi connectivity index (χ0v) is 19.4. The predicted octanol–water partition coefficient (Wildman–Crippen LogP) is 7.41. The molecule has 2 rings (SSSR count). The molecule has 0 unspecified atom stereocenters. The van der Waals surface area contributed by atoms with E-state index in [4.69, 9.17) is 28.6 Å². The highest BCUT2D eigenvalue weighted by atomic mass is 35.5. The average molecular weight is 544 g/mol. The first-order valence-corrected chi connectivity index (χ1v) is 10.6. The zero-order valence-electron chi connectivity index (χ0n) is 17.8. The van der Waals surface area contributed by atoms with Crippen molar-refractivity contribution in [3.63, 3.8) is 0 Å². The van der Waals surface area contributed by atoms with Crippen LogP contribution in [-0.2, 0) is 17.0 Å². The van der Waals surface area contributed by atoms with Crippen LogP contribution in [0.15, 0.2) is 42.6 Å². The SMILES string of the molecule is CCC(=O)NCc1cccc(/C(C=N)=C/Nc2c(Cl)cc(C(F)(C(F)(F)F)C(F)(F)F)cc2Cl)c1. The van der Waals surface area contributed by atoms with Crippen molar-refractivity contribution in [3.05, 3.63) is 69.3 Å². The minimum absolute atomic E-state index is 0.166. The van der Waals surface area contributed by atoms with Crippen molar-refractivity contribution in [2.24, 2.45) is 0 Å². The maximum atomic E-state index is 14.3. The molecule has 0 saturated heterocycles. The molecule has 0 aromatic heterocycles. The Balaban J connectivity index is 2.39. The molecule has 0 aliphatic rings. The maximum Gasteiger partial charge on any atom is 0.435 e. The second-order valence-electron chi connectivity index (χ2n) is 7.19. The van der Waals surface area contributed by atoms with Crippen LogP contribution in [0.1, 0.15) is 30.0 Å². The Bertz CT molecular complexity index is 1090. The molecule has 2 aromatic rings. The molecule has 0 bridgehead atoms. The first-order valence-electron chi connectivity index (χ1n) is 9.80. The van der Waals surface area contributed by atoms with Gasteiger partial charge in [0.05, 0.1) is 15.7 Å². The summed E-state index contributed by atoms with van der Waals surface area (Å²) < 4.78 is 92.5. The van der Waals surface area contributed by atoms with Gasteiger partial charge in [-0.25, -0.2) is 4.39 Å². The van der Waals surface area contributed by atoms with E-state index in [0.29, 0.717) is 17.5 Å². The van der Waals surface area contributed by atoms with Gasteiger partial charge in [0.15, 0.2) is 0 Å². The van der Waals surface area contributed by atoms with Gasteiger partial charge in [0.1, 0.15) is 0 Å². The largest absolute Gasteiger partial charge is 0.435 e. The van der Waals surface area contributed by atoms with E-state index >= 15 is 0 Å². The molecule has 0 saturated carbocycles. The Hall–Kier alpha value is -2.79. The number of hydrogen-bond acceptors (Lipinski definition) is 3. The summed E-state index contributed by atoms with van der Waals surface area (Å²) in [7, 11) is 0. The van der Waals surface area contributed by atoms with E-state index in [-0.39, 0.29) is 35.8 Å². The van der Waals surface area contributed by atoms with E-state index in [2.05, 4.69) is 10.6 Å². The molecule has 0 radical (unpaired) electrons. The van der Waals surface area contributed by atoms with Crippen molar-refractivity contribution >= 4 is 46.6 Å². The fourth-order valence-electron chi connectivity index (χ4n) is 2.94. The number of alkyl halides is 7. The highest BCUT2D eigenvalue weighted by Gasteiger charge is 2.73. The number of nitrogens with one attached hydrogen (secondary N) is 3. The Morgan fingerprint density at radius 3 is 2.06 bits per heavy atom. The first-order chi connectivity index (χ1) is 16.2. The normalized spacial score (nSPS) is 12.9. The average Bonchev–Trinajstić information content (AvgIpc) is 2.77. The second-order valence-corrected chi connectivity index (χ2v) is 8.00. The van der Waals surface area contributed by atoms with Crippen LogP contribution in [0.3, 0.4) is 0 Å². The number of carbonyl (C=O) groups excluding carboxylic acids is 1. The van der Waals surface area contributed by atoms with Gasteiger partial charge in [-0.3, -0.25) is 4.79 Å². The number of halogens is 9. The summed E-state index contributed by atoms with van der Waals surface area (Å²) in [5.41, 5.74) is -6.37. The lowest BCUT2D eigenvalue weighted by atomic mass is 9.94. The molecule has 1 amide bonds. The quantitative estimate of drug-likeness (QED) is 0.239. The molecule has 2 aromatic carbocycles. The van der Waals surface area contributed by atoms with Crippen LogP contribution in [0, 0.1) is 5.41 Å². The smallest absolute Gasteiger partial charge is 0.359 e. The maximum absolute atomic E-state index is 14.3. The number of allylic oxidation sites excluding steroid dienone is 1. The summed E-state index contributed by atoms with van der Waals surface area (Å²) in [5.74, 6) is -0.166. The van der Waals surface area contributed by atoms with Crippen LogP contribution in [0.25, 0.3) is 5.57 Å². The lowest BCUT2D eigenvalue weighted by Gasteiger charge is -2.30. The van der Waals surface area contributed by atoms with Crippen molar-refractivity contribution in [1.82, 2.24) is 5.32 Å². The van der Waals surface area contributed by atoms with Gasteiger partial charge in [-0.15, -0.1) is 0 Å². The van der Waals surface area contributed by atoms with Gasteiger partial charge in [0.2, 0.25) is 5.91 Å². The predicted molar refractivity (Wildman–Crippen MR) is 120 cm³/mol. The highest BCUT2D eigenvalue weighted by Crippen LogP contribution is 2.54. The number of rotatable bonds is 8. The fraction of sp³-hybridized carbons (Fsp3) is 0.273. The van der Waals surface area contributed by atoms with Crippen LogP contribution >= 0.6 is 23.2 Å². The monoisotopic (exact) mass is 543 g/mol. The molecule has 0 spiro atoms. The van der Waals surface area contributed by atoms with Crippen molar-refractivity contribution in [2.75, 3.05) is 5.32 Å². The lowest BCUT2D eigenvalue weighted by molar-refractivity contribution is -0.348. The third-order valence-corrected chi connectivity index (χ3v) is 5.42. The van der Waals surface area contributed by atoms with E-state index in [9.17, 15) is 35.5 Å². The fourth-order valence-corrected chi connectivity index (χ4v) is 3.54. The minimum Gasteiger partial charge on any atom is -0.359 e. The van der Waals surface area contributed by atoms with Gasteiger partial charge in [0.25, 0.3) is 0 Å². The summed E-state index contributed by atoms with van der Waals surface area (Å²) in [6.07, 6.45) is -10.2. The third kappa shape index (κ3) is 6.26. The van der Waals surface area contributed by atoms with E-state index in [0.717, 1.165) is 6.21 Å². The van der Waals surface area contributed by atoms with E-state index < -0.39 is 33.6 Å². The number of anilines is 1. The van der Waals surface area contributed by atoms with Crippen LogP contribution < -0.4 is 10.6 Å². The Morgan fingerprint density at radius 1 is 1.00 bits per heavy atom. The van der Waals surface area contributed by atoms with Crippen molar-refractivity contribution < 1.29 is 35.5 Å². The van der Waals surface area contributed by atoms with Crippen molar-refractivity contribution in [1.29, 1.82) is 5.41 Å². The summed E-state index contributed by atoms with van der Waals surface area (Å²) >= 11 is 11.7. The second kappa shape index (κ2) is 10.9. The molecule has 4 nitrogen and oxygen atoms in total. The van der Waals surface area contributed by atoms with E-state index in [1.165, 1.54) is 6.20 Å². The van der Waals surface area contributed by atoms with E-state index in [1.54, 1.807) is 31.2 Å². The molecular weight excluding hydrogens is 526 g/mol. The van der Waals surface area contributed by atoms with Gasteiger partial charge in [-0.05, 0) is 29.3 Å². The topological polar surface area (TPSA) is 65.0 Å². The zero-order chi connectivity index (χ0) is 26.6. The molecule has 13 heteroatoms. The van der Waals surface area contributed by atoms with Crippen molar-refractivity contribution in [3.8, 4) is 0 Å². The van der Waals surface area contributed by atoms with E-state index in [1.807, 2.05) is 0 Å². The Kier molecular flexibility index (Phi) is 8.83. The molecular formula is C22H18Cl2F7N3O. The molecule has 0 heterocycles. The molecule has 190 valence electrons. The van der Waals surface area contributed by atoms with Crippen LogP contribution in [-0.4, -0.2) is 24.5 Å². The van der Waals surface area contributed by atoms with Gasteiger partial charge < -0.3 is 16.0 Å². The number of carbonyl (C=O) groups is 1. The van der Waals surface area contributed by atoms with Crippen LogP contribution in [0.4, 0.5) is 36.4 Å². The third-order valence-electron chi connectivity index (χ3n) is 4.82. The summed E-state index contributed by atoms with van der Waals surface area (Å²) in [6.45, 7) is 1.91. The molecule has 35 heavy (non-hydrogen) atoms. The minimum atomic E-state index is -6.32. The first kappa shape index (κ1) is 28.4.